The van der Waals surface area contributed by atoms with Crippen LogP contribution in [0.1, 0.15) is 36.5 Å². The average molecular weight is 530 g/mol. The van der Waals surface area contributed by atoms with E-state index in [1.165, 1.54) is 10.5 Å². The predicted molar refractivity (Wildman–Crippen MR) is 146 cm³/mol. The van der Waals surface area contributed by atoms with E-state index >= 15 is 0 Å². The largest absolute Gasteiger partial charge is 0.493 e. The molecule has 3 aromatic rings. The Morgan fingerprint density at radius 2 is 1.59 bits per heavy atom. The fraction of sp³-hybridized carbons (Fsp3) is 0.375. The van der Waals surface area contributed by atoms with Crippen LogP contribution in [0.3, 0.4) is 0 Å². The molecular formula is C32H35NO6. The van der Waals surface area contributed by atoms with Crippen LogP contribution in [0.5, 0.6) is 5.75 Å². The highest BCUT2D eigenvalue weighted by atomic mass is 16.6. The van der Waals surface area contributed by atoms with E-state index in [4.69, 9.17) is 14.2 Å². The number of amides is 1. The molecule has 1 saturated carbocycles. The van der Waals surface area contributed by atoms with Gasteiger partial charge in [0, 0.05) is 18.9 Å². The van der Waals surface area contributed by atoms with Gasteiger partial charge < -0.3 is 19.3 Å². The lowest BCUT2D eigenvalue weighted by molar-refractivity contribution is -0.149. The zero-order chi connectivity index (χ0) is 27.2. The molecule has 1 saturated heterocycles. The number of esters is 1. The van der Waals surface area contributed by atoms with Gasteiger partial charge in [0.05, 0.1) is 18.8 Å². The lowest BCUT2D eigenvalue weighted by Gasteiger charge is -2.30. The molecule has 0 radical (unpaired) electrons. The number of carbonyl (C=O) groups excluding carboxylic acids is 2. The standard InChI is InChI=1S/C32H35NO6/c1-2-37-30(34)29-27-17-19-32(36,28(27)21-33(29)31(35)39-22-24-11-7-4-8-12-24)25-13-15-26(16-14-25)38-20-18-23-9-5-3-6-10-23/h3-16,27-29,36H,2,17-22H2,1H3/t27-,28-,29-,32?/m0/s1. The van der Waals surface area contributed by atoms with Crippen LogP contribution < -0.4 is 4.74 Å². The van der Waals surface area contributed by atoms with E-state index in [-0.39, 0.29) is 31.6 Å². The number of rotatable bonds is 9. The molecule has 0 aromatic heterocycles. The fourth-order valence-corrected chi connectivity index (χ4v) is 6.00. The first-order chi connectivity index (χ1) is 19.0. The van der Waals surface area contributed by atoms with Gasteiger partial charge in [-0.25, -0.2) is 9.59 Å². The van der Waals surface area contributed by atoms with Crippen molar-refractivity contribution < 1.29 is 28.9 Å². The van der Waals surface area contributed by atoms with Gasteiger partial charge in [-0.15, -0.1) is 0 Å². The summed E-state index contributed by atoms with van der Waals surface area (Å²) in [6.45, 7) is 2.84. The van der Waals surface area contributed by atoms with Gasteiger partial charge in [0.1, 0.15) is 18.4 Å². The minimum Gasteiger partial charge on any atom is -0.493 e. The van der Waals surface area contributed by atoms with Crippen LogP contribution >= 0.6 is 0 Å². The van der Waals surface area contributed by atoms with E-state index in [1.54, 1.807) is 6.92 Å². The lowest BCUT2D eigenvalue weighted by Crippen LogP contribution is -2.44. The number of fused-ring (bicyclic) bond motifs is 1. The highest BCUT2D eigenvalue weighted by molar-refractivity contribution is 5.83. The number of aliphatic hydroxyl groups is 1. The molecule has 1 heterocycles. The van der Waals surface area contributed by atoms with Crippen molar-refractivity contribution >= 4 is 12.1 Å². The maximum Gasteiger partial charge on any atom is 0.410 e. The van der Waals surface area contributed by atoms with Crippen molar-refractivity contribution in [2.75, 3.05) is 19.8 Å². The molecule has 0 spiro atoms. The number of hydrogen-bond donors (Lipinski definition) is 1. The summed E-state index contributed by atoms with van der Waals surface area (Å²) in [5.74, 6) is -0.260. The second kappa shape index (κ2) is 11.9. The first-order valence-corrected chi connectivity index (χ1v) is 13.6. The fourth-order valence-electron chi connectivity index (χ4n) is 6.00. The van der Waals surface area contributed by atoms with E-state index in [2.05, 4.69) is 12.1 Å². The molecule has 5 rings (SSSR count). The molecule has 204 valence electrons. The monoisotopic (exact) mass is 529 g/mol. The Morgan fingerprint density at radius 3 is 2.26 bits per heavy atom. The molecule has 0 bridgehead atoms. The van der Waals surface area contributed by atoms with Crippen molar-refractivity contribution in [1.29, 1.82) is 0 Å². The van der Waals surface area contributed by atoms with Gasteiger partial charge >= 0.3 is 12.1 Å². The molecule has 2 aliphatic rings. The van der Waals surface area contributed by atoms with Gasteiger partial charge in [0.15, 0.2) is 0 Å². The van der Waals surface area contributed by atoms with Gasteiger partial charge in [0.25, 0.3) is 0 Å². The maximum atomic E-state index is 13.2. The molecule has 39 heavy (non-hydrogen) atoms. The number of likely N-dealkylation sites (tertiary alicyclic amines) is 1. The van der Waals surface area contributed by atoms with E-state index in [1.807, 2.05) is 72.8 Å². The first kappa shape index (κ1) is 26.8. The molecule has 1 unspecified atom stereocenters. The Kier molecular flexibility index (Phi) is 8.17. The van der Waals surface area contributed by atoms with Crippen LogP contribution in [0, 0.1) is 11.8 Å². The quantitative estimate of drug-likeness (QED) is 0.388. The highest BCUT2D eigenvalue weighted by Crippen LogP contribution is 2.53. The smallest absolute Gasteiger partial charge is 0.410 e. The summed E-state index contributed by atoms with van der Waals surface area (Å²) < 4.78 is 16.8. The van der Waals surface area contributed by atoms with Crippen molar-refractivity contribution in [1.82, 2.24) is 4.90 Å². The van der Waals surface area contributed by atoms with Crippen molar-refractivity contribution in [3.8, 4) is 5.75 Å². The van der Waals surface area contributed by atoms with Crippen LogP contribution in [-0.2, 0) is 32.9 Å². The molecule has 2 fully saturated rings. The summed E-state index contributed by atoms with van der Waals surface area (Å²) in [7, 11) is 0. The zero-order valence-corrected chi connectivity index (χ0v) is 22.2. The molecule has 1 aliphatic carbocycles. The number of ether oxygens (including phenoxy) is 3. The summed E-state index contributed by atoms with van der Waals surface area (Å²) in [4.78, 5) is 27.6. The molecule has 7 nitrogen and oxygen atoms in total. The van der Waals surface area contributed by atoms with E-state index in [9.17, 15) is 14.7 Å². The molecule has 1 N–H and O–H groups in total. The van der Waals surface area contributed by atoms with Gasteiger partial charge in [-0.05, 0) is 54.5 Å². The minimum absolute atomic E-state index is 0.108. The summed E-state index contributed by atoms with van der Waals surface area (Å²) in [6, 6.07) is 26.3. The van der Waals surface area contributed by atoms with Crippen LogP contribution in [0.4, 0.5) is 4.79 Å². The Bertz CT molecular complexity index is 1250. The maximum absolute atomic E-state index is 13.2. The number of carbonyl (C=O) groups is 2. The molecule has 3 aromatic carbocycles. The number of benzene rings is 3. The van der Waals surface area contributed by atoms with E-state index < -0.39 is 23.7 Å². The molecule has 4 atom stereocenters. The molecule has 1 amide bonds. The third-order valence-electron chi connectivity index (χ3n) is 7.95. The van der Waals surface area contributed by atoms with Crippen LogP contribution in [-0.4, -0.2) is 47.9 Å². The van der Waals surface area contributed by atoms with Crippen molar-refractivity contribution in [2.45, 2.75) is 44.4 Å². The minimum atomic E-state index is -1.17. The normalized spacial score (nSPS) is 23.7. The SMILES string of the molecule is CCOC(=O)[C@@H]1[C@H]2CCC(O)(c3ccc(OCCc4ccccc4)cc3)[C@H]2CN1C(=O)OCc1ccccc1. The van der Waals surface area contributed by atoms with Gasteiger partial charge in [-0.3, -0.25) is 4.90 Å². The van der Waals surface area contributed by atoms with Crippen LogP contribution in [0.15, 0.2) is 84.9 Å². The first-order valence-electron chi connectivity index (χ1n) is 13.6. The third kappa shape index (κ3) is 5.78. The Hall–Kier alpha value is -3.84. The van der Waals surface area contributed by atoms with E-state index in [0.29, 0.717) is 19.4 Å². The highest BCUT2D eigenvalue weighted by Gasteiger charge is 2.60. The van der Waals surface area contributed by atoms with Crippen LogP contribution in [0.2, 0.25) is 0 Å². The predicted octanol–water partition coefficient (Wildman–Crippen LogP) is 5.11. The van der Waals surface area contributed by atoms with Gasteiger partial charge in [-0.1, -0.05) is 72.8 Å². The number of nitrogens with zero attached hydrogens (tertiary/aromatic N) is 1. The molecule has 1 aliphatic heterocycles. The second-order valence-corrected chi connectivity index (χ2v) is 10.2. The molecular weight excluding hydrogens is 494 g/mol. The summed E-state index contributed by atoms with van der Waals surface area (Å²) in [5, 5.41) is 11.9. The van der Waals surface area contributed by atoms with Crippen LogP contribution in [0.25, 0.3) is 0 Å². The van der Waals surface area contributed by atoms with E-state index in [0.717, 1.165) is 23.3 Å². The number of hydrogen-bond acceptors (Lipinski definition) is 6. The van der Waals surface area contributed by atoms with Crippen molar-refractivity contribution in [3.63, 3.8) is 0 Å². The topological polar surface area (TPSA) is 85.3 Å². The second-order valence-electron chi connectivity index (χ2n) is 10.2. The lowest BCUT2D eigenvalue weighted by atomic mass is 9.81. The van der Waals surface area contributed by atoms with Crippen molar-refractivity contribution in [3.05, 3.63) is 102 Å². The third-order valence-corrected chi connectivity index (χ3v) is 7.95. The Balaban J connectivity index is 1.28. The summed E-state index contributed by atoms with van der Waals surface area (Å²) >= 11 is 0. The van der Waals surface area contributed by atoms with Gasteiger partial charge in [0.2, 0.25) is 0 Å². The van der Waals surface area contributed by atoms with Crippen molar-refractivity contribution in [2.24, 2.45) is 11.8 Å². The Morgan fingerprint density at radius 1 is 0.923 bits per heavy atom. The Labute approximate surface area is 229 Å². The summed E-state index contributed by atoms with van der Waals surface area (Å²) in [6.07, 6.45) is 1.33. The average Bonchev–Trinajstić information content (AvgIpc) is 3.51. The van der Waals surface area contributed by atoms with Gasteiger partial charge in [-0.2, -0.15) is 0 Å². The summed E-state index contributed by atoms with van der Waals surface area (Å²) in [5.41, 5.74) is 1.66. The zero-order valence-electron chi connectivity index (χ0n) is 22.2. The molecule has 7 heteroatoms.